The Balaban J connectivity index is 2.11. The first-order valence-electron chi connectivity index (χ1n) is 7.24. The highest BCUT2D eigenvalue weighted by atomic mass is 16.4. The number of aliphatic carboxylic acids is 1. The summed E-state index contributed by atoms with van der Waals surface area (Å²) < 4.78 is 0. The molecule has 1 amide bonds. The second kappa shape index (κ2) is 8.15. The monoisotopic (exact) mass is 270 g/mol. The zero-order valence-corrected chi connectivity index (χ0v) is 11.7. The molecule has 1 saturated carbocycles. The van der Waals surface area contributed by atoms with Gasteiger partial charge < -0.3 is 16.2 Å². The number of carbonyl (C=O) groups excluding carboxylic acids is 1. The molecule has 0 aromatic rings. The van der Waals surface area contributed by atoms with Gasteiger partial charge in [0.05, 0.1) is 6.04 Å². The van der Waals surface area contributed by atoms with Crippen molar-refractivity contribution >= 4 is 11.9 Å². The molecular weight excluding hydrogens is 244 g/mol. The first-order valence-corrected chi connectivity index (χ1v) is 7.24. The maximum absolute atomic E-state index is 11.6. The van der Waals surface area contributed by atoms with E-state index < -0.39 is 12.0 Å². The van der Waals surface area contributed by atoms with Crippen molar-refractivity contribution < 1.29 is 14.7 Å². The lowest BCUT2D eigenvalue weighted by atomic mass is 9.81. The van der Waals surface area contributed by atoms with Crippen LogP contribution in [0.2, 0.25) is 0 Å². The topological polar surface area (TPSA) is 92.4 Å². The number of amides is 1. The lowest BCUT2D eigenvalue weighted by Gasteiger charge is -2.26. The van der Waals surface area contributed by atoms with E-state index in [1.807, 2.05) is 0 Å². The van der Waals surface area contributed by atoms with Crippen LogP contribution in [-0.4, -0.2) is 29.6 Å². The van der Waals surface area contributed by atoms with E-state index in [0.29, 0.717) is 12.5 Å². The van der Waals surface area contributed by atoms with Crippen LogP contribution < -0.4 is 11.1 Å². The van der Waals surface area contributed by atoms with Gasteiger partial charge in [0.15, 0.2) is 0 Å². The predicted molar refractivity (Wildman–Crippen MR) is 73.6 cm³/mol. The van der Waals surface area contributed by atoms with Gasteiger partial charge >= 0.3 is 5.97 Å². The van der Waals surface area contributed by atoms with Crippen molar-refractivity contribution in [3.05, 3.63) is 0 Å². The first-order chi connectivity index (χ1) is 8.99. The zero-order chi connectivity index (χ0) is 14.3. The van der Waals surface area contributed by atoms with Gasteiger partial charge in [-0.1, -0.05) is 32.6 Å². The lowest BCUT2D eigenvalue weighted by Crippen LogP contribution is -2.41. The molecule has 0 saturated heterocycles. The van der Waals surface area contributed by atoms with Crippen molar-refractivity contribution in [1.29, 1.82) is 0 Å². The Hall–Kier alpha value is -1.10. The smallest absolute Gasteiger partial charge is 0.303 e. The summed E-state index contributed by atoms with van der Waals surface area (Å²) >= 11 is 0. The molecule has 0 bridgehead atoms. The molecule has 0 radical (unpaired) electrons. The Labute approximate surface area is 114 Å². The number of rotatable bonds is 7. The second-order valence-electron chi connectivity index (χ2n) is 5.74. The van der Waals surface area contributed by atoms with Gasteiger partial charge in [-0.25, -0.2) is 0 Å². The molecule has 5 heteroatoms. The molecule has 1 aliphatic rings. The van der Waals surface area contributed by atoms with Crippen molar-refractivity contribution in [2.24, 2.45) is 17.6 Å². The lowest BCUT2D eigenvalue weighted by molar-refractivity contribution is -0.137. The van der Waals surface area contributed by atoms with Crippen molar-refractivity contribution in [1.82, 2.24) is 5.32 Å². The number of nitrogens with one attached hydrogen (secondary N) is 1. The minimum absolute atomic E-state index is 0.0604. The average Bonchev–Trinajstić information content (AvgIpc) is 2.38. The number of carboxylic acid groups (broad SMARTS) is 1. The molecule has 0 aromatic heterocycles. The van der Waals surface area contributed by atoms with E-state index in [1.165, 1.54) is 25.7 Å². The number of carbonyl (C=O) groups is 2. The fourth-order valence-electron chi connectivity index (χ4n) is 2.56. The predicted octanol–water partition coefficient (Wildman–Crippen LogP) is 1.51. The molecule has 1 aliphatic carbocycles. The number of nitrogens with two attached hydrogens (primary N) is 1. The van der Waals surface area contributed by atoms with Gasteiger partial charge in [0.25, 0.3) is 0 Å². The van der Waals surface area contributed by atoms with Gasteiger partial charge in [-0.05, 0) is 24.7 Å². The fraction of sp³-hybridized carbons (Fsp3) is 0.857. The van der Waals surface area contributed by atoms with Gasteiger partial charge in [0.1, 0.15) is 0 Å². The van der Waals surface area contributed by atoms with Gasteiger partial charge in [0, 0.05) is 13.0 Å². The quantitative estimate of drug-likeness (QED) is 0.654. The van der Waals surface area contributed by atoms with Crippen LogP contribution in [0.4, 0.5) is 0 Å². The minimum Gasteiger partial charge on any atom is -0.481 e. The van der Waals surface area contributed by atoms with Gasteiger partial charge in [-0.3, -0.25) is 9.59 Å². The molecule has 1 fully saturated rings. The Bertz CT molecular complexity index is 299. The molecule has 0 aliphatic heterocycles. The summed E-state index contributed by atoms with van der Waals surface area (Å²) in [6.07, 6.45) is 6.22. The molecule has 1 atom stereocenters. The molecule has 1 rings (SSSR count). The molecular formula is C14H26N2O3. The molecule has 1 unspecified atom stereocenters. The van der Waals surface area contributed by atoms with E-state index in [4.69, 9.17) is 10.8 Å². The molecule has 4 N–H and O–H groups in total. The SMILES string of the molecule is CC1CCC(CCNC(=O)C(N)CCC(=O)O)CC1. The third-order valence-electron chi connectivity index (χ3n) is 3.99. The summed E-state index contributed by atoms with van der Waals surface area (Å²) in [7, 11) is 0. The summed E-state index contributed by atoms with van der Waals surface area (Å²) in [6, 6.07) is -0.706. The highest BCUT2D eigenvalue weighted by Gasteiger charge is 2.19. The van der Waals surface area contributed by atoms with Crippen LogP contribution in [-0.2, 0) is 9.59 Å². The van der Waals surface area contributed by atoms with E-state index >= 15 is 0 Å². The minimum atomic E-state index is -0.917. The fourth-order valence-corrected chi connectivity index (χ4v) is 2.56. The first kappa shape index (κ1) is 16.0. The van der Waals surface area contributed by atoms with Crippen LogP contribution >= 0.6 is 0 Å². The number of carboxylic acids is 1. The third kappa shape index (κ3) is 6.57. The molecule has 0 aromatic carbocycles. The van der Waals surface area contributed by atoms with E-state index in [1.54, 1.807) is 0 Å². The standard InChI is InChI=1S/C14H26N2O3/c1-10-2-4-11(5-3-10)8-9-16-14(19)12(15)6-7-13(17)18/h10-12H,2-9,15H2,1H3,(H,16,19)(H,17,18). The Kier molecular flexibility index (Phi) is 6.84. The van der Waals surface area contributed by atoms with Gasteiger partial charge in [-0.2, -0.15) is 0 Å². The van der Waals surface area contributed by atoms with Crippen LogP contribution in [0.1, 0.15) is 51.9 Å². The van der Waals surface area contributed by atoms with E-state index in [0.717, 1.165) is 12.3 Å². The van der Waals surface area contributed by atoms with Crippen molar-refractivity contribution in [2.75, 3.05) is 6.54 Å². The van der Waals surface area contributed by atoms with E-state index in [2.05, 4.69) is 12.2 Å². The van der Waals surface area contributed by atoms with Crippen LogP contribution in [0.5, 0.6) is 0 Å². The Morgan fingerprint density at radius 2 is 1.95 bits per heavy atom. The van der Waals surface area contributed by atoms with Crippen LogP contribution in [0.3, 0.4) is 0 Å². The number of hydrogen-bond donors (Lipinski definition) is 3. The highest BCUT2D eigenvalue weighted by molar-refractivity contribution is 5.82. The summed E-state index contributed by atoms with van der Waals surface area (Å²) in [6.45, 7) is 2.94. The summed E-state index contributed by atoms with van der Waals surface area (Å²) in [5.74, 6) is 0.409. The van der Waals surface area contributed by atoms with E-state index in [9.17, 15) is 9.59 Å². The third-order valence-corrected chi connectivity index (χ3v) is 3.99. The average molecular weight is 270 g/mol. The highest BCUT2D eigenvalue weighted by Crippen LogP contribution is 2.29. The van der Waals surface area contributed by atoms with Crippen molar-refractivity contribution in [3.63, 3.8) is 0 Å². The maximum Gasteiger partial charge on any atom is 0.303 e. The zero-order valence-electron chi connectivity index (χ0n) is 11.7. The Morgan fingerprint density at radius 3 is 2.53 bits per heavy atom. The normalized spacial score (nSPS) is 24.7. The second-order valence-corrected chi connectivity index (χ2v) is 5.74. The van der Waals surface area contributed by atoms with E-state index in [-0.39, 0.29) is 18.7 Å². The molecule has 0 heterocycles. The molecule has 19 heavy (non-hydrogen) atoms. The van der Waals surface area contributed by atoms with Crippen LogP contribution in [0, 0.1) is 11.8 Å². The van der Waals surface area contributed by atoms with Crippen LogP contribution in [0.25, 0.3) is 0 Å². The molecule has 110 valence electrons. The van der Waals surface area contributed by atoms with Gasteiger partial charge in [0.2, 0.25) is 5.91 Å². The largest absolute Gasteiger partial charge is 0.481 e. The van der Waals surface area contributed by atoms with Crippen molar-refractivity contribution in [2.45, 2.75) is 57.9 Å². The summed E-state index contributed by atoms with van der Waals surface area (Å²) in [4.78, 5) is 22.0. The maximum atomic E-state index is 11.6. The molecule has 0 spiro atoms. The van der Waals surface area contributed by atoms with Crippen LogP contribution in [0.15, 0.2) is 0 Å². The number of hydrogen-bond acceptors (Lipinski definition) is 3. The Morgan fingerprint density at radius 1 is 1.32 bits per heavy atom. The summed E-state index contributed by atoms with van der Waals surface area (Å²) in [5, 5.41) is 11.3. The summed E-state index contributed by atoms with van der Waals surface area (Å²) in [5.41, 5.74) is 5.63. The molecule has 5 nitrogen and oxygen atoms in total. The van der Waals surface area contributed by atoms with Gasteiger partial charge in [-0.15, -0.1) is 0 Å². The van der Waals surface area contributed by atoms with Crippen molar-refractivity contribution in [3.8, 4) is 0 Å².